The number of pyridine rings is 1. The standard InChI is InChI=1S/C35H32N4O5/c1-38(2)25-11-9-21(10-12-25)34-26-7-5-6-8-27(26)35(42)39(37-34)32-17-22(13-14-36-32)33-28-18-31(44-4)30(43-3)16-23(28)15-24(19-40)29(33)20-41/h5-18,40-41H,19-20H2,1-4H3. The van der Waals surface area contributed by atoms with Crippen LogP contribution in [-0.4, -0.2) is 53.3 Å². The Morgan fingerprint density at radius 2 is 1.50 bits per heavy atom. The molecule has 0 amide bonds. The van der Waals surface area contributed by atoms with Crippen LogP contribution in [0.1, 0.15) is 11.1 Å². The van der Waals surface area contributed by atoms with Gasteiger partial charge in [-0.25, -0.2) is 4.98 Å². The van der Waals surface area contributed by atoms with E-state index in [1.54, 1.807) is 32.5 Å². The van der Waals surface area contributed by atoms with Crippen molar-refractivity contribution >= 4 is 27.2 Å². The summed E-state index contributed by atoms with van der Waals surface area (Å²) in [6, 6.07) is 24.5. The lowest BCUT2D eigenvalue weighted by atomic mass is 9.90. The lowest BCUT2D eigenvalue weighted by Gasteiger charge is -2.19. The quantitative estimate of drug-likeness (QED) is 0.245. The maximum atomic E-state index is 13.8. The Balaban J connectivity index is 1.60. The van der Waals surface area contributed by atoms with Crippen molar-refractivity contribution < 1.29 is 19.7 Å². The Bertz CT molecular complexity index is 2060. The van der Waals surface area contributed by atoms with Gasteiger partial charge in [0.15, 0.2) is 17.3 Å². The third-order valence-electron chi connectivity index (χ3n) is 7.89. The molecule has 0 fully saturated rings. The number of fused-ring (bicyclic) bond motifs is 2. The number of anilines is 1. The summed E-state index contributed by atoms with van der Waals surface area (Å²) in [5.41, 5.74) is 4.76. The molecule has 9 heteroatoms. The van der Waals surface area contributed by atoms with E-state index in [1.807, 2.05) is 85.7 Å². The molecule has 0 aliphatic carbocycles. The molecule has 2 N–H and O–H groups in total. The van der Waals surface area contributed by atoms with Crippen LogP contribution in [0.15, 0.2) is 89.9 Å². The number of nitrogens with zero attached hydrogens (tertiary/aromatic N) is 4. The van der Waals surface area contributed by atoms with Gasteiger partial charge in [0.1, 0.15) is 0 Å². The molecule has 0 radical (unpaired) electrons. The van der Waals surface area contributed by atoms with Crippen LogP contribution in [0.4, 0.5) is 5.69 Å². The van der Waals surface area contributed by atoms with Gasteiger partial charge < -0.3 is 24.6 Å². The third-order valence-corrected chi connectivity index (χ3v) is 7.89. The van der Waals surface area contributed by atoms with Crippen LogP contribution in [-0.2, 0) is 13.2 Å². The first-order valence-corrected chi connectivity index (χ1v) is 14.1. The smallest absolute Gasteiger partial charge is 0.280 e. The van der Waals surface area contributed by atoms with Gasteiger partial charge in [-0.3, -0.25) is 4.79 Å². The zero-order valence-corrected chi connectivity index (χ0v) is 24.9. The zero-order chi connectivity index (χ0) is 31.0. The van der Waals surface area contributed by atoms with Crippen molar-refractivity contribution in [3.63, 3.8) is 0 Å². The third kappa shape index (κ3) is 4.92. The van der Waals surface area contributed by atoms with Gasteiger partial charge in [-0.2, -0.15) is 9.78 Å². The molecule has 0 saturated heterocycles. The van der Waals surface area contributed by atoms with Gasteiger partial charge in [0.25, 0.3) is 5.56 Å². The van der Waals surface area contributed by atoms with Gasteiger partial charge >= 0.3 is 0 Å². The average molecular weight is 589 g/mol. The van der Waals surface area contributed by atoms with Crippen LogP contribution in [0.5, 0.6) is 11.5 Å². The molecule has 0 atom stereocenters. The van der Waals surface area contributed by atoms with Gasteiger partial charge in [-0.1, -0.05) is 30.3 Å². The first-order valence-electron chi connectivity index (χ1n) is 14.1. The number of rotatable bonds is 8. The van der Waals surface area contributed by atoms with Crippen LogP contribution < -0.4 is 19.9 Å². The minimum absolute atomic E-state index is 0.271. The van der Waals surface area contributed by atoms with Gasteiger partial charge in [0.05, 0.1) is 38.5 Å². The minimum Gasteiger partial charge on any atom is -0.493 e. The summed E-state index contributed by atoms with van der Waals surface area (Å²) in [5.74, 6) is 1.38. The number of hydrogen-bond donors (Lipinski definition) is 2. The summed E-state index contributed by atoms with van der Waals surface area (Å²) in [6.07, 6.45) is 1.61. The lowest BCUT2D eigenvalue weighted by Crippen LogP contribution is -2.23. The van der Waals surface area contributed by atoms with Gasteiger partial charge in [0, 0.05) is 36.9 Å². The fourth-order valence-corrected chi connectivity index (χ4v) is 5.65. The van der Waals surface area contributed by atoms with Crippen molar-refractivity contribution in [2.24, 2.45) is 0 Å². The molecule has 0 unspecified atom stereocenters. The average Bonchev–Trinajstić information content (AvgIpc) is 3.07. The number of aliphatic hydroxyl groups is 2. The van der Waals surface area contributed by atoms with Crippen molar-refractivity contribution in [3.05, 3.63) is 107 Å². The molecule has 6 aromatic rings. The predicted octanol–water partition coefficient (Wildman–Crippen LogP) is 5.34. The molecule has 0 spiro atoms. The maximum Gasteiger partial charge on any atom is 0.280 e. The monoisotopic (exact) mass is 588 g/mol. The van der Waals surface area contributed by atoms with E-state index < -0.39 is 0 Å². The molecule has 9 nitrogen and oxygen atoms in total. The second-order valence-electron chi connectivity index (χ2n) is 10.6. The second kappa shape index (κ2) is 11.8. The first-order chi connectivity index (χ1) is 21.4. The molecule has 44 heavy (non-hydrogen) atoms. The van der Waals surface area contributed by atoms with Crippen LogP contribution in [0, 0.1) is 0 Å². The van der Waals surface area contributed by atoms with E-state index in [0.29, 0.717) is 50.7 Å². The Labute approximate surface area is 254 Å². The number of hydrogen-bond acceptors (Lipinski definition) is 8. The van der Waals surface area contributed by atoms with Crippen molar-refractivity contribution in [2.75, 3.05) is 33.2 Å². The highest BCUT2D eigenvalue weighted by Crippen LogP contribution is 2.41. The topological polar surface area (TPSA) is 110 Å². The molecular formula is C35H32N4O5. The largest absolute Gasteiger partial charge is 0.493 e. The predicted molar refractivity (Wildman–Crippen MR) is 173 cm³/mol. The van der Waals surface area contributed by atoms with Crippen LogP contribution in [0.25, 0.3) is 49.7 Å². The summed E-state index contributed by atoms with van der Waals surface area (Å²) in [5, 5.41) is 28.4. The SMILES string of the molecule is COc1cc2cc(CO)c(CO)c(-c3ccnc(-n4nc(-c5ccc(N(C)C)cc5)c5ccccc5c4=O)c3)c2cc1OC. The minimum atomic E-state index is -0.311. The molecule has 0 aliphatic rings. The summed E-state index contributed by atoms with van der Waals surface area (Å²) >= 11 is 0. The molecule has 2 aromatic heterocycles. The fraction of sp³-hybridized carbons (Fsp3) is 0.171. The Hall–Kier alpha value is -5.25. The Kier molecular flexibility index (Phi) is 7.73. The Morgan fingerprint density at radius 3 is 2.16 bits per heavy atom. The van der Waals surface area contributed by atoms with Gasteiger partial charge in [-0.15, -0.1) is 0 Å². The molecule has 6 rings (SSSR count). The summed E-state index contributed by atoms with van der Waals surface area (Å²) in [7, 11) is 7.09. The number of aliphatic hydroxyl groups excluding tert-OH is 2. The van der Waals surface area contributed by atoms with Crippen LogP contribution in [0.2, 0.25) is 0 Å². The highest BCUT2D eigenvalue weighted by Gasteiger charge is 2.20. The fourth-order valence-electron chi connectivity index (χ4n) is 5.65. The van der Waals surface area contributed by atoms with E-state index in [0.717, 1.165) is 27.4 Å². The van der Waals surface area contributed by atoms with Crippen molar-refractivity contribution in [2.45, 2.75) is 13.2 Å². The van der Waals surface area contributed by atoms with Crippen molar-refractivity contribution in [1.29, 1.82) is 0 Å². The number of benzene rings is 4. The van der Waals surface area contributed by atoms with E-state index in [1.165, 1.54) is 4.68 Å². The molecule has 2 heterocycles. The lowest BCUT2D eigenvalue weighted by molar-refractivity contribution is 0.260. The first kappa shape index (κ1) is 28.9. The highest BCUT2D eigenvalue weighted by molar-refractivity contribution is 6.01. The number of methoxy groups -OCH3 is 2. The summed E-state index contributed by atoms with van der Waals surface area (Å²) in [4.78, 5) is 20.4. The van der Waals surface area contributed by atoms with Crippen LogP contribution in [0.3, 0.4) is 0 Å². The van der Waals surface area contributed by atoms with Crippen molar-refractivity contribution in [3.8, 4) is 39.7 Å². The van der Waals surface area contributed by atoms with Crippen molar-refractivity contribution in [1.82, 2.24) is 14.8 Å². The molecule has 0 aliphatic heterocycles. The van der Waals surface area contributed by atoms with Gasteiger partial charge in [-0.05, 0) is 81.6 Å². The number of aromatic nitrogens is 3. The number of ether oxygens (including phenoxy) is 2. The summed E-state index contributed by atoms with van der Waals surface area (Å²) in [6.45, 7) is -0.582. The summed E-state index contributed by atoms with van der Waals surface area (Å²) < 4.78 is 12.4. The van der Waals surface area contributed by atoms with Gasteiger partial charge in [0.2, 0.25) is 0 Å². The maximum absolute atomic E-state index is 13.8. The van der Waals surface area contributed by atoms with E-state index in [-0.39, 0.29) is 18.8 Å². The molecule has 4 aromatic carbocycles. The Morgan fingerprint density at radius 1 is 0.795 bits per heavy atom. The molecular weight excluding hydrogens is 556 g/mol. The second-order valence-corrected chi connectivity index (χ2v) is 10.6. The zero-order valence-electron chi connectivity index (χ0n) is 24.9. The highest BCUT2D eigenvalue weighted by atomic mass is 16.5. The molecule has 0 bridgehead atoms. The van der Waals surface area contributed by atoms with E-state index in [9.17, 15) is 15.0 Å². The van der Waals surface area contributed by atoms with Crippen LogP contribution >= 0.6 is 0 Å². The normalized spacial score (nSPS) is 11.2. The van der Waals surface area contributed by atoms with E-state index in [4.69, 9.17) is 14.6 Å². The van der Waals surface area contributed by atoms with E-state index >= 15 is 0 Å². The molecule has 0 saturated carbocycles. The molecule has 222 valence electrons. The van der Waals surface area contributed by atoms with E-state index in [2.05, 4.69) is 4.98 Å².